The van der Waals surface area contributed by atoms with Gasteiger partial charge in [0.1, 0.15) is 67.1 Å². The van der Waals surface area contributed by atoms with Crippen LogP contribution in [-0.4, -0.2) is 213 Å². The number of ether oxygens (including phenoxy) is 4. The van der Waals surface area contributed by atoms with E-state index in [1.807, 2.05) is 0 Å². The quantitative estimate of drug-likeness (QED) is 0.0930. The molecule has 16 atom stereocenters. The zero-order valence-corrected chi connectivity index (χ0v) is 26.8. The Bertz CT molecular complexity index is 834. The van der Waals surface area contributed by atoms with Gasteiger partial charge >= 0.3 is 48.9 Å². The monoisotopic (exact) mass is 725 g/mol. The Morgan fingerprint density at radius 3 is 2.05 bits per heavy atom. The van der Waals surface area contributed by atoms with Gasteiger partial charge in [-0.3, -0.25) is 4.79 Å². The van der Waals surface area contributed by atoms with Gasteiger partial charge in [0.05, 0.1) is 18.7 Å². The summed E-state index contributed by atoms with van der Waals surface area (Å²) in [5.41, 5.74) is 23.1. The summed E-state index contributed by atoms with van der Waals surface area (Å²) in [6.45, 7) is -0.898. The third kappa shape index (κ3) is 8.57. The van der Waals surface area contributed by atoms with Crippen molar-refractivity contribution >= 4 is 54.8 Å². The molecular formula is C22H45BaN5O13. The van der Waals surface area contributed by atoms with Crippen molar-refractivity contribution in [1.29, 1.82) is 0 Å². The van der Waals surface area contributed by atoms with Gasteiger partial charge < -0.3 is 90.9 Å². The standard InChI is InChI=1S/C22H43N5O13.Ba.2H/c23-2-1-8(29)20(36)27-7-3-6(25)18(39-22-16(34)15(33)13(31)9(4-24)37-22)17(35)19(7)40-21-14(32)11(26)12(30)10(5-28)38-21;;;/h6-19,21-22,28-35H,1-5,23-26H2,(H,27,36);;;/q;+2;2*-1/t6-,7+,8-,9+,10+,11-,12+,13+,14+,15-,16+,17-,18+,19-,21+,22+;;;/m0.../s1. The fourth-order valence-corrected chi connectivity index (χ4v) is 5.07. The van der Waals surface area contributed by atoms with E-state index in [9.17, 15) is 45.6 Å². The van der Waals surface area contributed by atoms with Gasteiger partial charge in [-0.05, 0) is 19.4 Å². The number of amides is 1. The molecule has 3 aliphatic rings. The van der Waals surface area contributed by atoms with Crippen molar-refractivity contribution in [3.8, 4) is 0 Å². The minimum atomic E-state index is -1.76. The Labute approximate surface area is 279 Å². The van der Waals surface area contributed by atoms with E-state index in [1.165, 1.54) is 0 Å². The molecule has 0 unspecified atom stereocenters. The fourth-order valence-electron chi connectivity index (χ4n) is 5.07. The summed E-state index contributed by atoms with van der Waals surface area (Å²) in [6.07, 6.45) is -19.8. The largest absolute Gasteiger partial charge is 2.00 e. The molecule has 1 amide bonds. The van der Waals surface area contributed by atoms with E-state index in [0.717, 1.165) is 0 Å². The van der Waals surface area contributed by atoms with E-state index in [4.69, 9.17) is 41.9 Å². The number of hydrogen-bond acceptors (Lipinski definition) is 17. The van der Waals surface area contributed by atoms with Crippen LogP contribution in [0.1, 0.15) is 15.7 Å². The molecule has 2 heterocycles. The maximum Gasteiger partial charge on any atom is 2.00 e. The number of rotatable bonds is 10. The van der Waals surface area contributed by atoms with Crippen molar-refractivity contribution in [2.24, 2.45) is 22.9 Å². The predicted octanol–water partition coefficient (Wildman–Crippen LogP) is -8.58. The molecule has 0 radical (unpaired) electrons. The summed E-state index contributed by atoms with van der Waals surface area (Å²) in [5, 5.41) is 84.9. The van der Waals surface area contributed by atoms with Gasteiger partial charge in [0.25, 0.3) is 0 Å². The van der Waals surface area contributed by atoms with Crippen LogP contribution in [0.4, 0.5) is 0 Å². The van der Waals surface area contributed by atoms with E-state index in [0.29, 0.717) is 0 Å². The van der Waals surface area contributed by atoms with Crippen molar-refractivity contribution in [3.05, 3.63) is 0 Å². The van der Waals surface area contributed by atoms with Crippen LogP contribution in [0.5, 0.6) is 0 Å². The molecule has 3 rings (SSSR count). The molecule has 0 spiro atoms. The van der Waals surface area contributed by atoms with Crippen molar-refractivity contribution in [1.82, 2.24) is 5.32 Å². The fraction of sp³-hybridized carbons (Fsp3) is 0.955. The second kappa shape index (κ2) is 16.6. The van der Waals surface area contributed by atoms with Crippen LogP contribution in [0.15, 0.2) is 0 Å². The Kier molecular flexibility index (Phi) is 15.3. The molecule has 1 aliphatic carbocycles. The number of aliphatic hydroxyl groups is 8. The van der Waals surface area contributed by atoms with Crippen molar-refractivity contribution in [2.45, 2.75) is 111 Å². The maximum absolute atomic E-state index is 12.6. The summed E-state index contributed by atoms with van der Waals surface area (Å²) in [4.78, 5) is 12.6. The molecule has 0 aromatic heterocycles. The molecule has 41 heavy (non-hydrogen) atoms. The summed E-state index contributed by atoms with van der Waals surface area (Å²) in [7, 11) is 0. The predicted molar refractivity (Wildman–Crippen MR) is 139 cm³/mol. The van der Waals surface area contributed by atoms with Gasteiger partial charge in [0, 0.05) is 12.6 Å². The molecule has 3 fully saturated rings. The van der Waals surface area contributed by atoms with E-state index >= 15 is 0 Å². The molecule has 0 aromatic rings. The normalized spacial score (nSPS) is 45.9. The molecule has 238 valence electrons. The Morgan fingerprint density at radius 1 is 0.878 bits per heavy atom. The van der Waals surface area contributed by atoms with Crippen molar-refractivity contribution < 1.29 is 67.4 Å². The number of carbonyl (C=O) groups excluding carboxylic acids is 1. The van der Waals surface area contributed by atoms with E-state index in [2.05, 4.69) is 5.32 Å². The smallest absolute Gasteiger partial charge is 1.00 e. The number of hydrogen-bond donors (Lipinski definition) is 13. The molecule has 19 heteroatoms. The van der Waals surface area contributed by atoms with Gasteiger partial charge in [-0.25, -0.2) is 0 Å². The molecule has 0 aromatic carbocycles. The van der Waals surface area contributed by atoms with Crippen LogP contribution in [-0.2, 0) is 23.7 Å². The SMILES string of the molecule is NCC[C@H](O)C(=O)N[C@@H]1C[C@H](N)[C@@H](O[C@H]2O[C@H](CN)[C@@H](O)[C@H](O)[C@H]2O)[C@H](O)[C@H]1O[C@H]1O[C@H](CO)[C@@H](O)[C@H](N)[C@H]1O.[Ba+2].[H-].[H-]. The second-order valence-corrected chi connectivity index (χ2v) is 10.3. The summed E-state index contributed by atoms with van der Waals surface area (Å²) < 4.78 is 22.5. The molecule has 1 saturated carbocycles. The molecule has 18 nitrogen and oxygen atoms in total. The molecule has 2 aliphatic heterocycles. The van der Waals surface area contributed by atoms with Gasteiger partial charge in [0.2, 0.25) is 5.91 Å². The van der Waals surface area contributed by atoms with Gasteiger partial charge in [0.15, 0.2) is 12.6 Å². The number of aliphatic hydroxyl groups excluding tert-OH is 8. The Hall–Kier alpha value is 0.401. The molecule has 17 N–H and O–H groups in total. The van der Waals surface area contributed by atoms with Crippen molar-refractivity contribution in [3.63, 3.8) is 0 Å². The summed E-state index contributed by atoms with van der Waals surface area (Å²) in [6, 6.07) is -3.45. The third-order valence-corrected chi connectivity index (χ3v) is 7.51. The van der Waals surface area contributed by atoms with Gasteiger partial charge in [-0.2, -0.15) is 0 Å². The van der Waals surface area contributed by atoms with E-state index in [-0.39, 0.29) is 77.7 Å². The van der Waals surface area contributed by atoms with Crippen molar-refractivity contribution in [2.75, 3.05) is 19.7 Å². The second-order valence-electron chi connectivity index (χ2n) is 10.3. The third-order valence-electron chi connectivity index (χ3n) is 7.51. The first kappa shape index (κ1) is 37.6. The topological polar surface area (TPSA) is 332 Å². The summed E-state index contributed by atoms with van der Waals surface area (Å²) in [5.74, 6) is -0.845. The summed E-state index contributed by atoms with van der Waals surface area (Å²) >= 11 is 0. The van der Waals surface area contributed by atoms with Crippen LogP contribution in [0.25, 0.3) is 0 Å². The minimum absolute atomic E-state index is 0. The average molecular weight is 725 g/mol. The zero-order chi connectivity index (χ0) is 29.9. The van der Waals surface area contributed by atoms with Crippen LogP contribution in [0, 0.1) is 0 Å². The number of carbonyl (C=O) groups is 1. The number of nitrogens with one attached hydrogen (secondary N) is 1. The molecular weight excluding hydrogens is 680 g/mol. The maximum atomic E-state index is 12.6. The number of nitrogens with two attached hydrogens (primary N) is 4. The van der Waals surface area contributed by atoms with Crippen LogP contribution < -0.4 is 28.3 Å². The van der Waals surface area contributed by atoms with Crippen LogP contribution >= 0.6 is 0 Å². The molecule has 2 saturated heterocycles. The first-order valence-electron chi connectivity index (χ1n) is 13.1. The van der Waals surface area contributed by atoms with Crippen LogP contribution in [0.3, 0.4) is 0 Å². The van der Waals surface area contributed by atoms with Gasteiger partial charge in [-0.1, -0.05) is 0 Å². The van der Waals surface area contributed by atoms with Gasteiger partial charge in [-0.15, -0.1) is 0 Å². The van der Waals surface area contributed by atoms with E-state index in [1.54, 1.807) is 0 Å². The Balaban J connectivity index is 0.00000588. The molecule has 0 bridgehead atoms. The minimum Gasteiger partial charge on any atom is -1.00 e. The van der Waals surface area contributed by atoms with E-state index < -0.39 is 110 Å². The average Bonchev–Trinajstić information content (AvgIpc) is 2.92. The first-order chi connectivity index (χ1) is 18.9. The zero-order valence-electron chi connectivity index (χ0n) is 24.4. The van der Waals surface area contributed by atoms with Crippen LogP contribution in [0.2, 0.25) is 0 Å². The Morgan fingerprint density at radius 2 is 1.46 bits per heavy atom. The first-order valence-corrected chi connectivity index (χ1v) is 13.1.